The molecule has 0 amide bonds. The van der Waals surface area contributed by atoms with E-state index in [2.05, 4.69) is 40.7 Å². The van der Waals surface area contributed by atoms with Gasteiger partial charge in [-0.15, -0.1) is 11.3 Å². The molecular formula is C16H11NOS. The highest BCUT2D eigenvalue weighted by atomic mass is 32.1. The molecule has 0 N–H and O–H groups in total. The molecule has 0 saturated carbocycles. The number of para-hydroxylation sites is 1. The molecule has 3 aromatic rings. The predicted octanol–water partition coefficient (Wildman–Crippen LogP) is 4.43. The summed E-state index contributed by atoms with van der Waals surface area (Å²) in [5.41, 5.74) is 2.36. The van der Waals surface area contributed by atoms with Gasteiger partial charge in [0.2, 0.25) is 5.88 Å². The van der Waals surface area contributed by atoms with Crippen LogP contribution in [0.3, 0.4) is 0 Å². The molecular weight excluding hydrogens is 254 g/mol. The molecule has 0 spiro atoms. The number of rotatable bonds is 1. The maximum atomic E-state index is 5.90. The lowest BCUT2D eigenvalue weighted by Crippen LogP contribution is -2.11. The maximum absolute atomic E-state index is 5.90. The standard InChI is InChI=1S/C16H11NOS/c1-2-7-13-11(5-1)15(14-8-4-10-19-14)12-6-3-9-17-16(12)18-13/h1-10,15H. The van der Waals surface area contributed by atoms with Gasteiger partial charge in [0.25, 0.3) is 0 Å². The summed E-state index contributed by atoms with van der Waals surface area (Å²) in [5.74, 6) is 1.86. The summed E-state index contributed by atoms with van der Waals surface area (Å²) in [7, 11) is 0. The van der Waals surface area contributed by atoms with Crippen LogP contribution in [-0.4, -0.2) is 4.98 Å². The summed E-state index contributed by atoms with van der Waals surface area (Å²) in [6.07, 6.45) is 1.78. The number of pyridine rings is 1. The fourth-order valence-electron chi connectivity index (χ4n) is 2.55. The highest BCUT2D eigenvalue weighted by Gasteiger charge is 2.29. The van der Waals surface area contributed by atoms with Gasteiger partial charge in [-0.05, 0) is 23.6 Å². The van der Waals surface area contributed by atoms with Crippen molar-refractivity contribution in [2.45, 2.75) is 5.92 Å². The third-order valence-electron chi connectivity index (χ3n) is 3.38. The van der Waals surface area contributed by atoms with Crippen LogP contribution < -0.4 is 4.74 Å². The second-order valence-corrected chi connectivity index (χ2v) is 5.47. The minimum Gasteiger partial charge on any atom is -0.438 e. The van der Waals surface area contributed by atoms with Crippen LogP contribution in [0.15, 0.2) is 60.1 Å². The molecule has 1 aliphatic rings. The van der Waals surface area contributed by atoms with Gasteiger partial charge in [0.15, 0.2) is 0 Å². The molecule has 1 aromatic carbocycles. The SMILES string of the molecule is c1csc(C2c3ccccc3Oc3ncccc32)c1. The van der Waals surface area contributed by atoms with E-state index in [9.17, 15) is 0 Å². The van der Waals surface area contributed by atoms with E-state index in [0.29, 0.717) is 0 Å². The van der Waals surface area contributed by atoms with Crippen molar-refractivity contribution in [1.29, 1.82) is 0 Å². The lowest BCUT2D eigenvalue weighted by Gasteiger charge is -2.26. The van der Waals surface area contributed by atoms with E-state index in [1.54, 1.807) is 17.5 Å². The van der Waals surface area contributed by atoms with Crippen molar-refractivity contribution in [3.8, 4) is 11.6 Å². The second-order valence-electron chi connectivity index (χ2n) is 4.49. The molecule has 1 atom stereocenters. The van der Waals surface area contributed by atoms with Gasteiger partial charge in [0.05, 0.1) is 5.92 Å². The lowest BCUT2D eigenvalue weighted by atomic mass is 9.88. The van der Waals surface area contributed by atoms with Crippen LogP contribution in [-0.2, 0) is 0 Å². The zero-order chi connectivity index (χ0) is 12.7. The van der Waals surface area contributed by atoms with Crippen molar-refractivity contribution in [2.24, 2.45) is 0 Å². The molecule has 1 unspecified atom stereocenters. The monoisotopic (exact) mass is 265 g/mol. The van der Waals surface area contributed by atoms with E-state index < -0.39 is 0 Å². The molecule has 92 valence electrons. The predicted molar refractivity (Wildman–Crippen MR) is 76.0 cm³/mol. The van der Waals surface area contributed by atoms with E-state index >= 15 is 0 Å². The number of thiophene rings is 1. The minimum atomic E-state index is 0.230. The molecule has 4 rings (SSSR count). The first-order valence-electron chi connectivity index (χ1n) is 6.18. The van der Waals surface area contributed by atoms with E-state index in [-0.39, 0.29) is 5.92 Å². The normalized spacial score (nSPS) is 16.3. The zero-order valence-electron chi connectivity index (χ0n) is 10.1. The molecule has 2 aromatic heterocycles. The van der Waals surface area contributed by atoms with Crippen LogP contribution in [0.4, 0.5) is 0 Å². The Balaban J connectivity index is 1.98. The summed E-state index contributed by atoms with van der Waals surface area (Å²) >= 11 is 1.77. The number of hydrogen-bond acceptors (Lipinski definition) is 3. The highest BCUT2D eigenvalue weighted by Crippen LogP contribution is 2.46. The molecule has 0 saturated heterocycles. The van der Waals surface area contributed by atoms with Gasteiger partial charge in [-0.1, -0.05) is 30.3 Å². The topological polar surface area (TPSA) is 22.1 Å². The number of benzene rings is 1. The van der Waals surface area contributed by atoms with Crippen molar-refractivity contribution in [2.75, 3.05) is 0 Å². The maximum Gasteiger partial charge on any atom is 0.223 e. The Kier molecular flexibility index (Phi) is 2.38. The number of hydrogen-bond donors (Lipinski definition) is 0. The molecule has 3 heterocycles. The first-order valence-corrected chi connectivity index (χ1v) is 7.06. The molecule has 19 heavy (non-hydrogen) atoms. The van der Waals surface area contributed by atoms with E-state index in [1.165, 1.54) is 10.4 Å². The smallest absolute Gasteiger partial charge is 0.223 e. The van der Waals surface area contributed by atoms with Gasteiger partial charge in [-0.25, -0.2) is 4.98 Å². The Morgan fingerprint density at radius 1 is 0.947 bits per heavy atom. The Hall–Kier alpha value is -2.13. The van der Waals surface area contributed by atoms with Crippen LogP contribution in [0.5, 0.6) is 11.6 Å². The average molecular weight is 265 g/mol. The van der Waals surface area contributed by atoms with Crippen molar-refractivity contribution in [3.05, 3.63) is 76.1 Å². The van der Waals surface area contributed by atoms with Crippen LogP contribution in [0.25, 0.3) is 0 Å². The molecule has 0 bridgehead atoms. The van der Waals surface area contributed by atoms with Gasteiger partial charge >= 0.3 is 0 Å². The molecule has 2 nitrogen and oxygen atoms in total. The largest absolute Gasteiger partial charge is 0.438 e. The first kappa shape index (κ1) is 10.8. The Morgan fingerprint density at radius 3 is 2.74 bits per heavy atom. The molecule has 0 aliphatic carbocycles. The van der Waals surface area contributed by atoms with Gasteiger partial charge in [0.1, 0.15) is 5.75 Å². The fraction of sp³-hybridized carbons (Fsp3) is 0.0625. The summed E-state index contributed by atoms with van der Waals surface area (Å²) in [6, 6.07) is 16.5. The number of nitrogens with zero attached hydrogens (tertiary/aromatic N) is 1. The van der Waals surface area contributed by atoms with Crippen LogP contribution in [0.1, 0.15) is 21.9 Å². The van der Waals surface area contributed by atoms with Crippen molar-refractivity contribution in [1.82, 2.24) is 4.98 Å². The minimum absolute atomic E-state index is 0.230. The summed E-state index contributed by atoms with van der Waals surface area (Å²) in [4.78, 5) is 5.68. The van der Waals surface area contributed by atoms with Crippen LogP contribution in [0, 0.1) is 0 Å². The van der Waals surface area contributed by atoms with E-state index in [4.69, 9.17) is 4.74 Å². The summed E-state index contributed by atoms with van der Waals surface area (Å²) in [6.45, 7) is 0. The van der Waals surface area contributed by atoms with Gasteiger partial charge in [-0.3, -0.25) is 0 Å². The van der Waals surface area contributed by atoms with Crippen molar-refractivity contribution < 1.29 is 4.74 Å². The van der Waals surface area contributed by atoms with Gasteiger partial charge in [0, 0.05) is 22.2 Å². The highest BCUT2D eigenvalue weighted by molar-refractivity contribution is 7.10. The molecule has 0 radical (unpaired) electrons. The van der Waals surface area contributed by atoms with Crippen molar-refractivity contribution >= 4 is 11.3 Å². The Bertz CT molecular complexity index is 676. The first-order chi connectivity index (χ1) is 9.43. The second kappa shape index (κ2) is 4.21. The average Bonchev–Trinajstić information content (AvgIpc) is 2.98. The molecule has 1 aliphatic heterocycles. The third-order valence-corrected chi connectivity index (χ3v) is 4.31. The Morgan fingerprint density at radius 2 is 1.84 bits per heavy atom. The third kappa shape index (κ3) is 1.66. The van der Waals surface area contributed by atoms with Gasteiger partial charge in [-0.2, -0.15) is 0 Å². The quantitative estimate of drug-likeness (QED) is 0.508. The number of aromatic nitrogens is 1. The number of fused-ring (bicyclic) bond motifs is 2. The summed E-state index contributed by atoms with van der Waals surface area (Å²) in [5, 5.41) is 2.11. The summed E-state index contributed by atoms with van der Waals surface area (Å²) < 4.78 is 5.90. The zero-order valence-corrected chi connectivity index (χ0v) is 10.9. The van der Waals surface area contributed by atoms with Crippen LogP contribution in [0.2, 0.25) is 0 Å². The Labute approximate surface area is 115 Å². The molecule has 0 fully saturated rings. The number of ether oxygens (including phenoxy) is 1. The molecule has 3 heteroatoms. The fourth-order valence-corrected chi connectivity index (χ4v) is 3.42. The van der Waals surface area contributed by atoms with Gasteiger partial charge < -0.3 is 4.74 Å². The van der Waals surface area contributed by atoms with Crippen LogP contribution >= 0.6 is 11.3 Å². The lowest BCUT2D eigenvalue weighted by molar-refractivity contribution is 0.434. The van der Waals surface area contributed by atoms with Crippen molar-refractivity contribution in [3.63, 3.8) is 0 Å². The van der Waals surface area contributed by atoms with E-state index in [1.807, 2.05) is 18.2 Å². The van der Waals surface area contributed by atoms with E-state index in [0.717, 1.165) is 17.2 Å².